The zero-order chi connectivity index (χ0) is 6.54. The van der Waals surface area contributed by atoms with E-state index >= 15 is 0 Å². The predicted molar refractivity (Wildman–Crippen MR) is 41.7 cm³/mol. The van der Waals surface area contributed by atoms with Crippen molar-refractivity contribution in [3.8, 4) is 0 Å². The number of fused-ring (bicyclic) bond motifs is 2. The highest BCUT2D eigenvalue weighted by atomic mass is 79.9. The molecule has 2 saturated carbocycles. The molecule has 0 unspecified atom stereocenters. The molecule has 0 aromatic rings. The van der Waals surface area contributed by atoms with Gasteiger partial charge >= 0.3 is 0 Å². The van der Waals surface area contributed by atoms with Crippen LogP contribution in [0.3, 0.4) is 0 Å². The predicted octanol–water partition coefficient (Wildman–Crippen LogP) is 1.80. The molecular formula is C7H12BrN. The summed E-state index contributed by atoms with van der Waals surface area (Å²) in [5.41, 5.74) is 6.28. The van der Waals surface area contributed by atoms with Crippen molar-refractivity contribution in [2.75, 3.05) is 0 Å². The number of hydrogen-bond acceptors (Lipinski definition) is 1. The number of nitrogens with two attached hydrogens (primary N) is 1. The largest absolute Gasteiger partial charge is 0.325 e. The van der Waals surface area contributed by atoms with E-state index in [2.05, 4.69) is 15.9 Å². The van der Waals surface area contributed by atoms with Crippen LogP contribution in [0.1, 0.15) is 32.1 Å². The summed E-state index contributed by atoms with van der Waals surface area (Å²) in [5, 5.41) is 0. The van der Waals surface area contributed by atoms with Crippen molar-refractivity contribution < 1.29 is 0 Å². The molecule has 52 valence electrons. The topological polar surface area (TPSA) is 26.0 Å². The molecule has 2 heteroatoms. The molecule has 0 spiro atoms. The van der Waals surface area contributed by atoms with Gasteiger partial charge in [0.15, 0.2) is 0 Å². The highest BCUT2D eigenvalue weighted by molar-refractivity contribution is 9.10. The molecule has 9 heavy (non-hydrogen) atoms. The summed E-state index contributed by atoms with van der Waals surface area (Å²) >= 11 is 3.74. The monoisotopic (exact) mass is 189 g/mol. The Hall–Kier alpha value is 0.440. The second-order valence-electron chi connectivity index (χ2n) is 3.69. The maximum atomic E-state index is 6.06. The lowest BCUT2D eigenvalue weighted by Gasteiger charge is -2.20. The van der Waals surface area contributed by atoms with E-state index in [-0.39, 0.29) is 5.54 Å². The van der Waals surface area contributed by atoms with Crippen LogP contribution in [0.2, 0.25) is 0 Å². The van der Waals surface area contributed by atoms with Crippen LogP contribution in [-0.2, 0) is 0 Å². The summed E-state index contributed by atoms with van der Waals surface area (Å²) in [6, 6.07) is 0. The molecule has 0 aromatic heterocycles. The molecule has 2 fully saturated rings. The number of rotatable bonds is 0. The minimum atomic E-state index is 0.226. The molecule has 2 rings (SSSR count). The van der Waals surface area contributed by atoms with Gasteiger partial charge < -0.3 is 5.73 Å². The first-order valence-electron chi connectivity index (χ1n) is 3.60. The van der Waals surface area contributed by atoms with Gasteiger partial charge in [-0.15, -0.1) is 0 Å². The lowest BCUT2D eigenvalue weighted by atomic mass is 9.95. The molecule has 0 amide bonds. The van der Waals surface area contributed by atoms with Crippen LogP contribution in [0.5, 0.6) is 0 Å². The van der Waals surface area contributed by atoms with E-state index < -0.39 is 0 Å². The van der Waals surface area contributed by atoms with E-state index in [1.807, 2.05) is 0 Å². The standard InChI is InChI=1S/C7H12BrN/c8-6-1-3-7(9,5-6)4-2-6/h1-5,9H2. The van der Waals surface area contributed by atoms with Gasteiger partial charge in [0.1, 0.15) is 0 Å². The molecule has 2 aliphatic rings. The zero-order valence-electron chi connectivity index (χ0n) is 5.49. The SMILES string of the molecule is NC12CCC(Br)(CC1)C2. The Bertz CT molecular complexity index is 120. The smallest absolute Gasteiger partial charge is 0.0276 e. The second kappa shape index (κ2) is 1.54. The summed E-state index contributed by atoms with van der Waals surface area (Å²) in [7, 11) is 0. The molecule has 0 heterocycles. The normalized spacial score (nSPS) is 56.7. The summed E-state index contributed by atoms with van der Waals surface area (Å²) in [5.74, 6) is 0. The molecule has 0 aliphatic heterocycles. The molecule has 0 atom stereocenters. The minimum Gasteiger partial charge on any atom is -0.325 e. The summed E-state index contributed by atoms with van der Waals surface area (Å²) in [4.78, 5) is 0. The van der Waals surface area contributed by atoms with E-state index in [0.29, 0.717) is 4.32 Å². The van der Waals surface area contributed by atoms with Crippen LogP contribution in [0.4, 0.5) is 0 Å². The van der Waals surface area contributed by atoms with Gasteiger partial charge in [0, 0.05) is 9.86 Å². The van der Waals surface area contributed by atoms with Crippen molar-refractivity contribution >= 4 is 15.9 Å². The van der Waals surface area contributed by atoms with E-state index in [1.165, 1.54) is 32.1 Å². The summed E-state index contributed by atoms with van der Waals surface area (Å²) in [6.45, 7) is 0. The highest BCUT2D eigenvalue weighted by Crippen LogP contribution is 2.53. The third-order valence-electron chi connectivity index (χ3n) is 2.81. The van der Waals surface area contributed by atoms with Crippen molar-refractivity contribution in [3.05, 3.63) is 0 Å². The van der Waals surface area contributed by atoms with Crippen molar-refractivity contribution in [1.29, 1.82) is 0 Å². The maximum absolute atomic E-state index is 6.06. The Balaban J connectivity index is 2.25. The number of hydrogen-bond donors (Lipinski definition) is 1. The van der Waals surface area contributed by atoms with Gasteiger partial charge in [-0.3, -0.25) is 0 Å². The minimum absolute atomic E-state index is 0.226. The third kappa shape index (κ3) is 0.838. The lowest BCUT2D eigenvalue weighted by molar-refractivity contribution is 0.425. The molecule has 2 aliphatic carbocycles. The molecule has 0 saturated heterocycles. The van der Waals surface area contributed by atoms with Crippen LogP contribution in [0.15, 0.2) is 0 Å². The van der Waals surface area contributed by atoms with E-state index in [0.717, 1.165) is 0 Å². The van der Waals surface area contributed by atoms with E-state index in [9.17, 15) is 0 Å². The van der Waals surface area contributed by atoms with Gasteiger partial charge in [0.2, 0.25) is 0 Å². The van der Waals surface area contributed by atoms with Gasteiger partial charge in [0.25, 0.3) is 0 Å². The molecule has 0 aromatic carbocycles. The Morgan fingerprint density at radius 2 is 1.67 bits per heavy atom. The van der Waals surface area contributed by atoms with Gasteiger partial charge in [-0.1, -0.05) is 15.9 Å². The fourth-order valence-electron chi connectivity index (χ4n) is 2.18. The van der Waals surface area contributed by atoms with Crippen LogP contribution in [-0.4, -0.2) is 9.86 Å². The maximum Gasteiger partial charge on any atom is 0.0276 e. The van der Waals surface area contributed by atoms with E-state index in [1.54, 1.807) is 0 Å². The third-order valence-corrected chi connectivity index (χ3v) is 3.88. The van der Waals surface area contributed by atoms with Crippen LogP contribution in [0.25, 0.3) is 0 Å². The zero-order valence-corrected chi connectivity index (χ0v) is 7.08. The Morgan fingerprint density at radius 1 is 1.11 bits per heavy atom. The Morgan fingerprint density at radius 3 is 1.78 bits per heavy atom. The van der Waals surface area contributed by atoms with Gasteiger partial charge in [-0.2, -0.15) is 0 Å². The Labute approximate surface area is 64.1 Å². The molecular weight excluding hydrogens is 178 g/mol. The van der Waals surface area contributed by atoms with Crippen molar-refractivity contribution in [2.45, 2.75) is 42.0 Å². The second-order valence-corrected chi connectivity index (χ2v) is 5.37. The molecule has 0 radical (unpaired) electrons. The Kier molecular flexibility index (Phi) is 1.05. The first kappa shape index (κ1) is 6.17. The quantitative estimate of drug-likeness (QED) is 0.579. The molecule has 2 bridgehead atoms. The fourth-order valence-corrected chi connectivity index (χ4v) is 3.14. The fraction of sp³-hybridized carbons (Fsp3) is 1.00. The molecule has 1 nitrogen and oxygen atoms in total. The van der Waals surface area contributed by atoms with Crippen LogP contribution < -0.4 is 5.73 Å². The molecule has 2 N–H and O–H groups in total. The first-order chi connectivity index (χ1) is 4.12. The van der Waals surface area contributed by atoms with Gasteiger partial charge in [-0.05, 0) is 32.1 Å². The average Bonchev–Trinajstić information content (AvgIpc) is 2.19. The van der Waals surface area contributed by atoms with Gasteiger partial charge in [0.05, 0.1) is 0 Å². The van der Waals surface area contributed by atoms with Crippen molar-refractivity contribution in [3.63, 3.8) is 0 Å². The first-order valence-corrected chi connectivity index (χ1v) is 4.39. The number of alkyl halides is 1. The van der Waals surface area contributed by atoms with E-state index in [4.69, 9.17) is 5.73 Å². The van der Waals surface area contributed by atoms with Crippen LogP contribution in [0, 0.1) is 0 Å². The number of halogens is 1. The van der Waals surface area contributed by atoms with Gasteiger partial charge in [-0.25, -0.2) is 0 Å². The lowest BCUT2D eigenvalue weighted by Crippen LogP contribution is -2.33. The van der Waals surface area contributed by atoms with Crippen molar-refractivity contribution in [2.24, 2.45) is 5.73 Å². The summed E-state index contributed by atoms with van der Waals surface area (Å²) in [6.07, 6.45) is 6.27. The van der Waals surface area contributed by atoms with Crippen LogP contribution >= 0.6 is 15.9 Å². The average molecular weight is 190 g/mol. The highest BCUT2D eigenvalue weighted by Gasteiger charge is 2.50. The van der Waals surface area contributed by atoms with Crippen molar-refractivity contribution in [1.82, 2.24) is 0 Å². The summed E-state index contributed by atoms with van der Waals surface area (Å²) < 4.78 is 0.460.